The van der Waals surface area contributed by atoms with Crippen LogP contribution >= 0.6 is 22.6 Å². The second-order valence-corrected chi connectivity index (χ2v) is 4.28. The number of nitrogens with two attached hydrogens (primary N) is 1. The number of hydrogen-bond acceptors (Lipinski definition) is 3. The van der Waals surface area contributed by atoms with Crippen LogP contribution in [-0.2, 0) is 0 Å². The summed E-state index contributed by atoms with van der Waals surface area (Å²) in [6.45, 7) is 0. The Morgan fingerprint density at radius 3 is 2.87 bits per heavy atom. The van der Waals surface area contributed by atoms with Crippen molar-refractivity contribution in [3.63, 3.8) is 0 Å². The summed E-state index contributed by atoms with van der Waals surface area (Å²) in [7, 11) is 1.75. The fourth-order valence-corrected chi connectivity index (χ4v) is 2.25. The van der Waals surface area contributed by atoms with Crippen LogP contribution in [0.2, 0.25) is 0 Å². The van der Waals surface area contributed by atoms with Crippen LogP contribution in [0, 0.1) is 9.39 Å². The topological polar surface area (TPSA) is 50.9 Å². The first-order valence-electron chi connectivity index (χ1n) is 4.34. The number of hydrogen-bond donors (Lipinski definition) is 2. The molecule has 0 bridgehead atoms. The van der Waals surface area contributed by atoms with Crippen LogP contribution in [0.4, 0.5) is 15.8 Å². The van der Waals surface area contributed by atoms with Crippen molar-refractivity contribution in [3.8, 4) is 0 Å². The van der Waals surface area contributed by atoms with E-state index in [0.717, 1.165) is 14.8 Å². The minimum absolute atomic E-state index is 0.282. The van der Waals surface area contributed by atoms with E-state index in [0.29, 0.717) is 11.1 Å². The number of rotatable bonds is 1. The monoisotopic (exact) mass is 317 g/mol. The van der Waals surface area contributed by atoms with Gasteiger partial charge in [-0.05, 0) is 34.7 Å². The van der Waals surface area contributed by atoms with Crippen molar-refractivity contribution in [2.75, 3.05) is 18.1 Å². The molecule has 0 atom stereocenters. The molecule has 15 heavy (non-hydrogen) atoms. The molecule has 0 aliphatic carbocycles. The van der Waals surface area contributed by atoms with Crippen LogP contribution in [-0.4, -0.2) is 12.0 Å². The van der Waals surface area contributed by atoms with Gasteiger partial charge in [0, 0.05) is 16.0 Å². The molecule has 0 amide bonds. The van der Waals surface area contributed by atoms with E-state index in [4.69, 9.17) is 5.73 Å². The van der Waals surface area contributed by atoms with Gasteiger partial charge in [0.2, 0.25) is 0 Å². The highest BCUT2D eigenvalue weighted by Crippen LogP contribution is 2.30. The molecule has 0 aliphatic rings. The van der Waals surface area contributed by atoms with E-state index in [-0.39, 0.29) is 5.82 Å². The fraction of sp³-hybridized carbons (Fsp3) is 0.100. The first-order chi connectivity index (χ1) is 7.13. The second-order valence-electron chi connectivity index (χ2n) is 3.12. The van der Waals surface area contributed by atoms with E-state index in [9.17, 15) is 4.39 Å². The number of nitrogen functional groups attached to an aromatic ring is 1. The number of fused-ring (bicyclic) bond motifs is 1. The van der Waals surface area contributed by atoms with Gasteiger partial charge in [0.25, 0.3) is 0 Å². The molecule has 2 aromatic rings. The van der Waals surface area contributed by atoms with Gasteiger partial charge in [-0.2, -0.15) is 0 Å². The highest BCUT2D eigenvalue weighted by atomic mass is 127. The Morgan fingerprint density at radius 1 is 1.47 bits per heavy atom. The van der Waals surface area contributed by atoms with Gasteiger partial charge < -0.3 is 11.1 Å². The standard InChI is InChI=1S/C10H9FIN3/c1-14-10-6-2-5(11)3-7(12)9(6)15-4-8(10)13/h2-4H,13H2,1H3,(H,14,15). The van der Waals surface area contributed by atoms with Crippen molar-refractivity contribution in [2.45, 2.75) is 0 Å². The Balaban J connectivity index is 2.91. The van der Waals surface area contributed by atoms with Gasteiger partial charge in [-0.15, -0.1) is 0 Å². The predicted octanol–water partition coefficient (Wildman–Crippen LogP) is 2.60. The zero-order chi connectivity index (χ0) is 11.0. The minimum Gasteiger partial charge on any atom is -0.396 e. The number of pyridine rings is 1. The second kappa shape index (κ2) is 3.80. The molecule has 2 rings (SSSR count). The smallest absolute Gasteiger partial charge is 0.125 e. The average Bonchev–Trinajstić information content (AvgIpc) is 2.17. The lowest BCUT2D eigenvalue weighted by atomic mass is 10.1. The van der Waals surface area contributed by atoms with E-state index in [1.165, 1.54) is 12.1 Å². The van der Waals surface area contributed by atoms with Gasteiger partial charge in [-0.1, -0.05) is 0 Å². The van der Waals surface area contributed by atoms with Crippen LogP contribution in [0.3, 0.4) is 0 Å². The van der Waals surface area contributed by atoms with E-state index in [1.54, 1.807) is 13.2 Å². The van der Waals surface area contributed by atoms with Crippen LogP contribution < -0.4 is 11.1 Å². The molecule has 78 valence electrons. The summed E-state index contributed by atoms with van der Waals surface area (Å²) in [6.07, 6.45) is 1.58. The predicted molar refractivity (Wildman–Crippen MR) is 68.4 cm³/mol. The Kier molecular flexibility index (Phi) is 2.64. The summed E-state index contributed by atoms with van der Waals surface area (Å²) in [5, 5.41) is 3.67. The average molecular weight is 317 g/mol. The number of aromatic nitrogens is 1. The molecule has 1 heterocycles. The van der Waals surface area contributed by atoms with Gasteiger partial charge in [0.15, 0.2) is 0 Å². The minimum atomic E-state index is -0.282. The molecule has 0 saturated heterocycles. The van der Waals surface area contributed by atoms with Crippen LogP contribution in [0.5, 0.6) is 0 Å². The summed E-state index contributed by atoms with van der Waals surface area (Å²) >= 11 is 2.06. The molecule has 1 aromatic carbocycles. The highest BCUT2D eigenvalue weighted by molar-refractivity contribution is 14.1. The number of halogens is 2. The first kappa shape index (κ1) is 10.4. The summed E-state index contributed by atoms with van der Waals surface area (Å²) in [5.74, 6) is -0.282. The number of nitrogens with zero attached hydrogens (tertiary/aromatic N) is 1. The third kappa shape index (κ3) is 1.71. The Labute approximate surface area is 100 Å². The summed E-state index contributed by atoms with van der Waals surface area (Å²) in [5.41, 5.74) is 7.75. The lowest BCUT2D eigenvalue weighted by molar-refractivity contribution is 0.629. The first-order valence-corrected chi connectivity index (χ1v) is 5.42. The summed E-state index contributed by atoms with van der Waals surface area (Å²) in [4.78, 5) is 4.19. The maximum Gasteiger partial charge on any atom is 0.125 e. The van der Waals surface area contributed by atoms with Crippen molar-refractivity contribution in [2.24, 2.45) is 0 Å². The van der Waals surface area contributed by atoms with Gasteiger partial charge in [0.05, 0.1) is 23.1 Å². The van der Waals surface area contributed by atoms with Crippen LogP contribution in [0.1, 0.15) is 0 Å². The molecular weight excluding hydrogens is 308 g/mol. The fourth-order valence-electron chi connectivity index (χ4n) is 1.52. The molecule has 3 nitrogen and oxygen atoms in total. The van der Waals surface area contributed by atoms with Crippen molar-refractivity contribution in [3.05, 3.63) is 27.7 Å². The van der Waals surface area contributed by atoms with Crippen LogP contribution in [0.25, 0.3) is 10.9 Å². The zero-order valence-electron chi connectivity index (χ0n) is 8.01. The Bertz CT molecular complexity index is 528. The van der Waals surface area contributed by atoms with E-state index >= 15 is 0 Å². The lowest BCUT2D eigenvalue weighted by Crippen LogP contribution is -1.99. The van der Waals surface area contributed by atoms with Gasteiger partial charge in [-0.3, -0.25) is 4.98 Å². The van der Waals surface area contributed by atoms with Gasteiger partial charge in [-0.25, -0.2) is 4.39 Å². The molecular formula is C10H9FIN3. The molecule has 0 fully saturated rings. The molecule has 5 heteroatoms. The quantitative estimate of drug-likeness (QED) is 0.795. The molecule has 0 aliphatic heterocycles. The Hall–Kier alpha value is -1.11. The van der Waals surface area contributed by atoms with Crippen LogP contribution in [0.15, 0.2) is 18.3 Å². The van der Waals surface area contributed by atoms with Crippen molar-refractivity contribution in [1.29, 1.82) is 0 Å². The Morgan fingerprint density at radius 2 is 2.20 bits per heavy atom. The zero-order valence-corrected chi connectivity index (χ0v) is 10.2. The van der Waals surface area contributed by atoms with Gasteiger partial charge in [0.1, 0.15) is 5.82 Å². The largest absolute Gasteiger partial charge is 0.396 e. The van der Waals surface area contributed by atoms with Crippen molar-refractivity contribution < 1.29 is 4.39 Å². The maximum absolute atomic E-state index is 13.2. The molecule has 0 spiro atoms. The van der Waals surface area contributed by atoms with Gasteiger partial charge >= 0.3 is 0 Å². The van der Waals surface area contributed by atoms with E-state index in [1.807, 2.05) is 0 Å². The summed E-state index contributed by atoms with van der Waals surface area (Å²) in [6, 6.07) is 2.89. The molecule has 0 saturated carbocycles. The number of nitrogens with one attached hydrogen (secondary N) is 1. The molecule has 0 unspecified atom stereocenters. The lowest BCUT2D eigenvalue weighted by Gasteiger charge is -2.09. The number of anilines is 2. The van der Waals surface area contributed by atoms with E-state index in [2.05, 4.69) is 32.9 Å². The number of benzene rings is 1. The van der Waals surface area contributed by atoms with Crippen molar-refractivity contribution >= 4 is 44.9 Å². The SMILES string of the molecule is CNc1c(N)cnc2c(I)cc(F)cc12. The molecule has 1 aromatic heterocycles. The highest BCUT2D eigenvalue weighted by Gasteiger charge is 2.09. The normalized spacial score (nSPS) is 10.6. The maximum atomic E-state index is 13.2. The summed E-state index contributed by atoms with van der Waals surface area (Å²) < 4.78 is 14.0. The molecule has 0 radical (unpaired) electrons. The van der Waals surface area contributed by atoms with Crippen molar-refractivity contribution in [1.82, 2.24) is 4.98 Å². The third-order valence-electron chi connectivity index (χ3n) is 2.17. The van der Waals surface area contributed by atoms with E-state index < -0.39 is 0 Å². The molecule has 3 N–H and O–H groups in total. The third-order valence-corrected chi connectivity index (χ3v) is 2.99.